The Morgan fingerprint density at radius 1 is 1.04 bits per heavy atom. The van der Waals surface area contributed by atoms with Crippen LogP contribution in [0.2, 0.25) is 0 Å². The lowest BCUT2D eigenvalue weighted by Crippen LogP contribution is -2.37. The van der Waals surface area contributed by atoms with Crippen molar-refractivity contribution >= 4 is 20.9 Å². The van der Waals surface area contributed by atoms with Crippen molar-refractivity contribution in [3.05, 3.63) is 60.8 Å². The Labute approximate surface area is 147 Å². The van der Waals surface area contributed by atoms with Crippen LogP contribution in [0, 0.1) is 0 Å². The van der Waals surface area contributed by atoms with E-state index in [0.717, 1.165) is 37.1 Å². The fraction of sp³-hybridized carbons (Fsp3) is 0.263. The molecule has 5 nitrogen and oxygen atoms in total. The van der Waals surface area contributed by atoms with Crippen LogP contribution in [0.4, 0.5) is 0 Å². The Morgan fingerprint density at radius 2 is 1.88 bits per heavy atom. The van der Waals surface area contributed by atoms with Crippen LogP contribution in [0.1, 0.15) is 12.8 Å². The molecule has 1 aromatic heterocycles. The summed E-state index contributed by atoms with van der Waals surface area (Å²) >= 11 is 0. The molecule has 1 unspecified atom stereocenters. The zero-order valence-corrected chi connectivity index (χ0v) is 14.6. The molecule has 1 atom stereocenters. The van der Waals surface area contributed by atoms with Gasteiger partial charge in [-0.05, 0) is 49.7 Å². The average molecular weight is 356 g/mol. The Kier molecular flexibility index (Phi) is 4.23. The molecule has 0 bridgehead atoms. The number of fused-ring (bicyclic) bond motifs is 1. The van der Waals surface area contributed by atoms with E-state index in [1.54, 1.807) is 42.6 Å². The first kappa shape index (κ1) is 16.2. The molecular formula is C19H20N2O3S. The van der Waals surface area contributed by atoms with Crippen LogP contribution >= 0.6 is 0 Å². The molecule has 1 aliphatic rings. The van der Waals surface area contributed by atoms with Gasteiger partial charge in [0.1, 0.15) is 11.9 Å². The monoisotopic (exact) mass is 356 g/mol. The molecule has 3 aromatic rings. The molecule has 1 saturated heterocycles. The summed E-state index contributed by atoms with van der Waals surface area (Å²) < 4.78 is 33.3. The van der Waals surface area contributed by atoms with Crippen molar-refractivity contribution in [2.75, 3.05) is 13.1 Å². The number of ether oxygens (including phenoxy) is 1. The maximum absolute atomic E-state index is 12.9. The molecule has 0 spiro atoms. The molecule has 6 heteroatoms. The van der Waals surface area contributed by atoms with Gasteiger partial charge in [0.2, 0.25) is 0 Å². The Morgan fingerprint density at radius 3 is 2.64 bits per heavy atom. The second-order valence-corrected chi connectivity index (χ2v) is 8.02. The summed E-state index contributed by atoms with van der Waals surface area (Å²) in [5, 5.41) is 4.14. The topological polar surface area (TPSA) is 60.3 Å². The van der Waals surface area contributed by atoms with Crippen LogP contribution in [0.3, 0.4) is 0 Å². The second kappa shape index (κ2) is 6.54. The molecule has 1 aliphatic heterocycles. The molecular weight excluding hydrogens is 336 g/mol. The maximum Gasteiger partial charge on any atom is 0.268 e. The average Bonchev–Trinajstić information content (AvgIpc) is 3.09. The third kappa shape index (κ3) is 3.03. The molecule has 0 amide bonds. The zero-order valence-electron chi connectivity index (χ0n) is 13.8. The molecule has 0 radical (unpaired) electrons. The summed E-state index contributed by atoms with van der Waals surface area (Å²) in [6.45, 7) is 1.84. The van der Waals surface area contributed by atoms with E-state index >= 15 is 0 Å². The van der Waals surface area contributed by atoms with E-state index in [2.05, 4.69) is 5.32 Å². The van der Waals surface area contributed by atoms with Gasteiger partial charge in [-0.1, -0.05) is 24.3 Å². The van der Waals surface area contributed by atoms with Crippen molar-refractivity contribution in [2.24, 2.45) is 0 Å². The van der Waals surface area contributed by atoms with Crippen molar-refractivity contribution < 1.29 is 13.2 Å². The first-order valence-electron chi connectivity index (χ1n) is 8.44. The van der Waals surface area contributed by atoms with Crippen molar-refractivity contribution in [2.45, 2.75) is 23.8 Å². The van der Waals surface area contributed by atoms with Gasteiger partial charge < -0.3 is 10.1 Å². The Hall–Kier alpha value is -2.31. The first-order chi connectivity index (χ1) is 12.2. The summed E-state index contributed by atoms with van der Waals surface area (Å²) in [4.78, 5) is 0.273. The van der Waals surface area contributed by atoms with E-state index in [1.807, 2.05) is 18.2 Å². The van der Waals surface area contributed by atoms with Gasteiger partial charge in [-0.15, -0.1) is 0 Å². The summed E-state index contributed by atoms with van der Waals surface area (Å²) in [6, 6.07) is 15.8. The molecule has 130 valence electrons. The minimum Gasteiger partial charge on any atom is -0.488 e. The normalized spacial score (nSPS) is 18.3. The number of nitrogens with zero attached hydrogens (tertiary/aromatic N) is 1. The Balaban J connectivity index is 1.74. The van der Waals surface area contributed by atoms with Crippen molar-refractivity contribution in [3.63, 3.8) is 0 Å². The van der Waals surface area contributed by atoms with Crippen LogP contribution in [-0.2, 0) is 10.0 Å². The highest BCUT2D eigenvalue weighted by molar-refractivity contribution is 7.90. The highest BCUT2D eigenvalue weighted by Crippen LogP contribution is 2.30. The number of rotatable bonds is 4. The van der Waals surface area contributed by atoms with E-state index in [4.69, 9.17) is 4.74 Å². The minimum absolute atomic E-state index is 0.119. The quantitative estimate of drug-likeness (QED) is 0.781. The van der Waals surface area contributed by atoms with Gasteiger partial charge in [-0.25, -0.2) is 12.4 Å². The Bertz CT molecular complexity index is 974. The molecule has 1 N–H and O–H groups in total. The molecule has 0 saturated carbocycles. The highest BCUT2D eigenvalue weighted by Gasteiger charge is 2.21. The first-order valence-corrected chi connectivity index (χ1v) is 9.88. The van der Waals surface area contributed by atoms with E-state index in [1.165, 1.54) is 3.97 Å². The highest BCUT2D eigenvalue weighted by atomic mass is 32.2. The predicted octanol–water partition coefficient (Wildman–Crippen LogP) is 3.01. The second-order valence-electron chi connectivity index (χ2n) is 6.20. The largest absolute Gasteiger partial charge is 0.488 e. The van der Waals surface area contributed by atoms with Gasteiger partial charge in [0.05, 0.1) is 10.4 Å². The molecule has 2 aromatic carbocycles. The fourth-order valence-corrected chi connectivity index (χ4v) is 4.60. The summed E-state index contributed by atoms with van der Waals surface area (Å²) in [5.74, 6) is 0.730. The van der Waals surface area contributed by atoms with Gasteiger partial charge in [0, 0.05) is 18.1 Å². The van der Waals surface area contributed by atoms with Crippen LogP contribution in [0.5, 0.6) is 5.75 Å². The lowest BCUT2D eigenvalue weighted by molar-refractivity contribution is 0.169. The number of hydrogen-bond donors (Lipinski definition) is 1. The van der Waals surface area contributed by atoms with Crippen LogP contribution in [0.15, 0.2) is 65.7 Å². The van der Waals surface area contributed by atoms with E-state index in [0.29, 0.717) is 5.52 Å². The lowest BCUT2D eigenvalue weighted by Gasteiger charge is -2.24. The SMILES string of the molecule is O=S(=O)(c1ccccc1)n1ccc2c(OC3CCCNC3)cccc21. The number of hydrogen-bond acceptors (Lipinski definition) is 4. The standard InChI is InChI=1S/C19H20N2O3S/c22-25(23,16-7-2-1-3-8-16)21-13-11-17-18(21)9-4-10-19(17)24-15-6-5-12-20-14-15/h1-4,7-11,13,15,20H,5-6,12,14H2. The summed E-state index contributed by atoms with van der Waals surface area (Å²) in [5.41, 5.74) is 0.630. The minimum atomic E-state index is -3.62. The number of piperidine rings is 1. The molecule has 0 aliphatic carbocycles. The summed E-state index contributed by atoms with van der Waals surface area (Å²) in [6.07, 6.45) is 3.81. The van der Waals surface area contributed by atoms with Gasteiger partial charge >= 0.3 is 0 Å². The zero-order chi connectivity index (χ0) is 17.3. The third-order valence-electron chi connectivity index (χ3n) is 4.50. The molecule has 4 rings (SSSR count). The predicted molar refractivity (Wildman–Crippen MR) is 97.5 cm³/mol. The molecule has 2 heterocycles. The third-order valence-corrected chi connectivity index (χ3v) is 6.21. The van der Waals surface area contributed by atoms with E-state index in [9.17, 15) is 8.42 Å². The van der Waals surface area contributed by atoms with Crippen molar-refractivity contribution in [3.8, 4) is 5.75 Å². The van der Waals surface area contributed by atoms with Crippen LogP contribution in [0.25, 0.3) is 10.9 Å². The smallest absolute Gasteiger partial charge is 0.268 e. The van der Waals surface area contributed by atoms with Crippen molar-refractivity contribution in [1.82, 2.24) is 9.29 Å². The van der Waals surface area contributed by atoms with Crippen LogP contribution in [-0.4, -0.2) is 31.6 Å². The van der Waals surface area contributed by atoms with E-state index in [-0.39, 0.29) is 11.0 Å². The summed E-state index contributed by atoms with van der Waals surface area (Å²) in [7, 11) is -3.62. The lowest BCUT2D eigenvalue weighted by atomic mass is 10.1. The van der Waals surface area contributed by atoms with Gasteiger partial charge in [0.15, 0.2) is 0 Å². The number of nitrogens with one attached hydrogen (secondary N) is 1. The fourth-order valence-electron chi connectivity index (χ4n) is 3.23. The van der Waals surface area contributed by atoms with E-state index < -0.39 is 10.0 Å². The van der Waals surface area contributed by atoms with Gasteiger partial charge in [0.25, 0.3) is 10.0 Å². The van der Waals surface area contributed by atoms with Gasteiger partial charge in [-0.2, -0.15) is 0 Å². The van der Waals surface area contributed by atoms with Crippen molar-refractivity contribution in [1.29, 1.82) is 0 Å². The number of benzene rings is 2. The number of aromatic nitrogens is 1. The van der Waals surface area contributed by atoms with Gasteiger partial charge in [-0.3, -0.25) is 0 Å². The molecule has 25 heavy (non-hydrogen) atoms. The molecule has 1 fully saturated rings. The van der Waals surface area contributed by atoms with Crippen LogP contribution < -0.4 is 10.1 Å². The maximum atomic E-state index is 12.9.